The van der Waals surface area contributed by atoms with Gasteiger partial charge in [0.2, 0.25) is 10.0 Å². The molecule has 2 rings (SSSR count). The van der Waals surface area contributed by atoms with Gasteiger partial charge in [-0.2, -0.15) is 0 Å². The number of ether oxygens (including phenoxy) is 1. The Hall–Kier alpha value is -0.920. The van der Waals surface area contributed by atoms with Crippen LogP contribution in [0.3, 0.4) is 0 Å². The monoisotopic (exact) mass is 277 g/mol. The molecule has 1 saturated heterocycles. The molecule has 0 spiro atoms. The Labute approximate surface area is 104 Å². The van der Waals surface area contributed by atoms with E-state index in [1.165, 1.54) is 12.4 Å². The van der Waals surface area contributed by atoms with Crippen LogP contribution in [0, 0.1) is 0 Å². The molecule has 94 valence electrons. The number of nitrogens with zero attached hydrogens (tertiary/aromatic N) is 2. The minimum Gasteiger partial charge on any atom is -0.377 e. The van der Waals surface area contributed by atoms with E-state index < -0.39 is 10.0 Å². The highest BCUT2D eigenvalue weighted by atomic mass is 35.5. The predicted octanol–water partition coefficient (Wildman–Crippen LogP) is 1.05. The van der Waals surface area contributed by atoms with Gasteiger partial charge in [-0.15, -0.1) is 0 Å². The van der Waals surface area contributed by atoms with Crippen LogP contribution in [0.25, 0.3) is 0 Å². The van der Waals surface area contributed by atoms with Gasteiger partial charge in [0.15, 0.2) is 5.82 Å². The van der Waals surface area contributed by atoms with E-state index in [2.05, 4.69) is 14.7 Å². The first-order chi connectivity index (χ1) is 8.05. The number of aromatic nitrogens is 2. The van der Waals surface area contributed by atoms with Crippen LogP contribution in [0.5, 0.6) is 0 Å². The summed E-state index contributed by atoms with van der Waals surface area (Å²) in [5.41, 5.74) is 0. The van der Waals surface area contributed by atoms with Crippen LogP contribution in [0.1, 0.15) is 12.8 Å². The van der Waals surface area contributed by atoms with E-state index in [1.807, 2.05) is 0 Å². The number of hydrogen-bond donors (Lipinski definition) is 1. The van der Waals surface area contributed by atoms with Crippen molar-refractivity contribution < 1.29 is 13.2 Å². The maximum absolute atomic E-state index is 11.8. The Morgan fingerprint density at radius 3 is 3.00 bits per heavy atom. The van der Waals surface area contributed by atoms with E-state index in [0.29, 0.717) is 6.61 Å². The Morgan fingerprint density at radius 2 is 2.35 bits per heavy atom. The molecule has 1 aromatic heterocycles. The van der Waals surface area contributed by atoms with E-state index in [9.17, 15) is 8.42 Å². The van der Waals surface area contributed by atoms with Gasteiger partial charge in [-0.25, -0.2) is 13.4 Å². The maximum atomic E-state index is 11.8. The molecule has 0 bridgehead atoms. The summed E-state index contributed by atoms with van der Waals surface area (Å²) < 4.78 is 31.1. The molecule has 0 radical (unpaired) electrons. The van der Waals surface area contributed by atoms with Crippen LogP contribution in [0.4, 0.5) is 5.82 Å². The molecule has 1 aliphatic rings. The minimum absolute atomic E-state index is 0.0683. The van der Waals surface area contributed by atoms with Gasteiger partial charge in [0.05, 0.1) is 24.3 Å². The van der Waals surface area contributed by atoms with Gasteiger partial charge < -0.3 is 4.74 Å². The summed E-state index contributed by atoms with van der Waals surface area (Å²) in [7, 11) is -3.47. The predicted molar refractivity (Wildman–Crippen MR) is 63.4 cm³/mol. The first-order valence-electron chi connectivity index (χ1n) is 5.15. The molecule has 17 heavy (non-hydrogen) atoms. The summed E-state index contributed by atoms with van der Waals surface area (Å²) in [6.07, 6.45) is 4.07. The van der Waals surface area contributed by atoms with Crippen molar-refractivity contribution in [2.45, 2.75) is 18.9 Å². The second-order valence-corrected chi connectivity index (χ2v) is 5.90. The largest absolute Gasteiger partial charge is 0.377 e. The normalized spacial score (nSPS) is 20.4. The summed E-state index contributed by atoms with van der Waals surface area (Å²) in [6, 6.07) is 0. The van der Waals surface area contributed by atoms with Gasteiger partial charge in [0.25, 0.3) is 0 Å². The third kappa shape index (κ3) is 3.79. The molecule has 2 heterocycles. The fourth-order valence-electron chi connectivity index (χ4n) is 1.61. The molecular weight excluding hydrogens is 266 g/mol. The zero-order valence-corrected chi connectivity index (χ0v) is 10.5. The van der Waals surface area contributed by atoms with Gasteiger partial charge >= 0.3 is 0 Å². The molecule has 1 fully saturated rings. The van der Waals surface area contributed by atoms with Gasteiger partial charge in [0.1, 0.15) is 5.15 Å². The van der Waals surface area contributed by atoms with Crippen molar-refractivity contribution in [1.82, 2.24) is 9.97 Å². The molecule has 6 nitrogen and oxygen atoms in total. The third-order valence-corrected chi connectivity index (χ3v) is 3.81. The highest BCUT2D eigenvalue weighted by Crippen LogP contribution is 2.15. The lowest BCUT2D eigenvalue weighted by molar-refractivity contribution is 0.127. The highest BCUT2D eigenvalue weighted by molar-refractivity contribution is 7.92. The fourth-order valence-corrected chi connectivity index (χ4v) is 3.01. The molecule has 1 unspecified atom stereocenters. The Kier molecular flexibility index (Phi) is 3.80. The Morgan fingerprint density at radius 1 is 1.53 bits per heavy atom. The standard InChI is InChI=1S/C9H12ClN3O3S/c10-8-4-11-5-9(12-8)13-17(14,15)6-7-2-1-3-16-7/h4-5,7H,1-3,6H2,(H,12,13). The van der Waals surface area contributed by atoms with Gasteiger partial charge in [-0.1, -0.05) is 11.6 Å². The Bertz CT molecular complexity index is 488. The smallest absolute Gasteiger partial charge is 0.236 e. The Balaban J connectivity index is 2.01. The van der Waals surface area contributed by atoms with Crippen molar-refractivity contribution in [2.75, 3.05) is 17.1 Å². The molecule has 1 aromatic rings. The summed E-state index contributed by atoms with van der Waals surface area (Å²) in [6.45, 7) is 0.622. The average Bonchev–Trinajstić information content (AvgIpc) is 2.68. The quantitative estimate of drug-likeness (QED) is 0.890. The first kappa shape index (κ1) is 12.5. The van der Waals surface area contributed by atoms with E-state index in [0.717, 1.165) is 12.8 Å². The van der Waals surface area contributed by atoms with Crippen molar-refractivity contribution >= 4 is 27.4 Å². The zero-order valence-electron chi connectivity index (χ0n) is 8.97. The van der Waals surface area contributed by atoms with Gasteiger partial charge in [-0.05, 0) is 12.8 Å². The van der Waals surface area contributed by atoms with Crippen molar-refractivity contribution in [3.8, 4) is 0 Å². The number of sulfonamides is 1. The van der Waals surface area contributed by atoms with Crippen LogP contribution in [0.15, 0.2) is 12.4 Å². The second-order valence-electron chi connectivity index (χ2n) is 3.75. The van der Waals surface area contributed by atoms with Crippen molar-refractivity contribution in [3.05, 3.63) is 17.5 Å². The zero-order chi connectivity index (χ0) is 12.3. The lowest BCUT2D eigenvalue weighted by atomic mass is 10.3. The van der Waals surface area contributed by atoms with Crippen LogP contribution in [0.2, 0.25) is 5.15 Å². The summed E-state index contributed by atoms with van der Waals surface area (Å²) in [5, 5.41) is 0.141. The molecule has 8 heteroatoms. The topological polar surface area (TPSA) is 81.2 Å². The SMILES string of the molecule is O=S(=O)(CC1CCCO1)Nc1cncc(Cl)n1. The van der Waals surface area contributed by atoms with Crippen molar-refractivity contribution in [3.63, 3.8) is 0 Å². The number of halogens is 1. The van der Waals surface area contributed by atoms with Crippen LogP contribution < -0.4 is 4.72 Å². The third-order valence-electron chi connectivity index (χ3n) is 2.29. The first-order valence-corrected chi connectivity index (χ1v) is 7.18. The maximum Gasteiger partial charge on any atom is 0.236 e. The van der Waals surface area contributed by atoms with E-state index in [4.69, 9.17) is 16.3 Å². The molecule has 0 aliphatic carbocycles. The van der Waals surface area contributed by atoms with Gasteiger partial charge in [0, 0.05) is 6.61 Å². The number of hydrogen-bond acceptors (Lipinski definition) is 5. The van der Waals surface area contributed by atoms with E-state index >= 15 is 0 Å². The number of anilines is 1. The summed E-state index contributed by atoms with van der Waals surface area (Å²) in [4.78, 5) is 7.55. The van der Waals surface area contributed by atoms with E-state index in [-0.39, 0.29) is 22.8 Å². The number of nitrogens with one attached hydrogen (secondary N) is 1. The van der Waals surface area contributed by atoms with Gasteiger partial charge in [-0.3, -0.25) is 9.71 Å². The molecule has 0 saturated carbocycles. The molecule has 0 aromatic carbocycles. The van der Waals surface area contributed by atoms with Crippen molar-refractivity contribution in [2.24, 2.45) is 0 Å². The molecular formula is C9H12ClN3O3S. The summed E-state index contributed by atoms with van der Waals surface area (Å²) in [5.74, 6) is 0.0526. The van der Waals surface area contributed by atoms with Crippen LogP contribution in [-0.4, -0.2) is 36.8 Å². The molecule has 1 N–H and O–H groups in total. The summed E-state index contributed by atoms with van der Waals surface area (Å²) >= 11 is 5.61. The lowest BCUT2D eigenvalue weighted by Crippen LogP contribution is -2.26. The highest BCUT2D eigenvalue weighted by Gasteiger charge is 2.23. The van der Waals surface area contributed by atoms with Crippen LogP contribution >= 0.6 is 11.6 Å². The molecule has 1 aliphatic heterocycles. The molecule has 0 amide bonds. The van der Waals surface area contributed by atoms with Crippen molar-refractivity contribution in [1.29, 1.82) is 0 Å². The van der Waals surface area contributed by atoms with Crippen LogP contribution in [-0.2, 0) is 14.8 Å². The average molecular weight is 278 g/mol. The fraction of sp³-hybridized carbons (Fsp3) is 0.556. The second kappa shape index (κ2) is 5.16. The molecule has 1 atom stereocenters. The van der Waals surface area contributed by atoms with E-state index in [1.54, 1.807) is 0 Å². The lowest BCUT2D eigenvalue weighted by Gasteiger charge is -2.11. The minimum atomic E-state index is -3.47. The number of rotatable bonds is 4.